The number of hydrogen-bond acceptors (Lipinski definition) is 6. The fourth-order valence-corrected chi connectivity index (χ4v) is 2.17. The van der Waals surface area contributed by atoms with Crippen molar-refractivity contribution in [2.45, 2.75) is 19.4 Å². The molecule has 0 atom stereocenters. The summed E-state index contributed by atoms with van der Waals surface area (Å²) in [6, 6.07) is 0. The van der Waals surface area contributed by atoms with Crippen LogP contribution in [0.5, 0.6) is 0 Å². The van der Waals surface area contributed by atoms with Gasteiger partial charge in [-0.2, -0.15) is 9.90 Å². The standard InChI is InChI=1S/C12H19N5O4/c1-21-12(20)14-10-6-13-17(15-10)7-11(19)16-4-2-9(8-18)3-5-16/h6,9,18H,2-5,7-8H2,1H3,(H,14,15,20). The number of aromatic nitrogens is 3. The molecule has 0 aromatic carbocycles. The van der Waals surface area contributed by atoms with Crippen LogP contribution >= 0.6 is 0 Å². The van der Waals surface area contributed by atoms with Crippen LogP contribution in [0.15, 0.2) is 6.20 Å². The van der Waals surface area contributed by atoms with E-state index in [1.54, 1.807) is 4.90 Å². The molecule has 9 nitrogen and oxygen atoms in total. The largest absolute Gasteiger partial charge is 0.453 e. The first-order chi connectivity index (χ1) is 10.1. The van der Waals surface area contributed by atoms with Gasteiger partial charge in [-0.15, -0.1) is 5.10 Å². The average molecular weight is 297 g/mol. The molecular formula is C12H19N5O4. The predicted octanol–water partition coefficient (Wildman–Crippen LogP) is -0.313. The Kier molecular flexibility index (Phi) is 5.09. The first-order valence-electron chi connectivity index (χ1n) is 6.76. The van der Waals surface area contributed by atoms with Crippen molar-refractivity contribution in [2.24, 2.45) is 5.92 Å². The molecule has 1 aliphatic rings. The van der Waals surface area contributed by atoms with Crippen LogP contribution in [0.4, 0.5) is 10.6 Å². The molecule has 1 fully saturated rings. The highest BCUT2D eigenvalue weighted by atomic mass is 16.5. The molecule has 2 heterocycles. The zero-order valence-electron chi connectivity index (χ0n) is 11.9. The fourth-order valence-electron chi connectivity index (χ4n) is 2.17. The first-order valence-corrected chi connectivity index (χ1v) is 6.76. The van der Waals surface area contributed by atoms with Gasteiger partial charge in [0.05, 0.1) is 13.3 Å². The number of hydrogen-bond donors (Lipinski definition) is 2. The molecule has 116 valence electrons. The second-order valence-electron chi connectivity index (χ2n) is 4.88. The van der Waals surface area contributed by atoms with E-state index in [9.17, 15) is 9.59 Å². The summed E-state index contributed by atoms with van der Waals surface area (Å²) in [5, 5.41) is 19.3. The van der Waals surface area contributed by atoms with Crippen LogP contribution in [0, 0.1) is 5.92 Å². The number of amides is 2. The average Bonchev–Trinajstić information content (AvgIpc) is 2.94. The van der Waals surface area contributed by atoms with E-state index in [2.05, 4.69) is 20.3 Å². The molecule has 2 N–H and O–H groups in total. The van der Waals surface area contributed by atoms with Crippen LogP contribution < -0.4 is 5.32 Å². The number of rotatable bonds is 4. The molecule has 1 aromatic heterocycles. The second-order valence-corrected chi connectivity index (χ2v) is 4.88. The van der Waals surface area contributed by atoms with Crippen LogP contribution in [-0.2, 0) is 16.1 Å². The molecule has 1 aromatic rings. The monoisotopic (exact) mass is 297 g/mol. The summed E-state index contributed by atoms with van der Waals surface area (Å²) in [6.45, 7) is 1.47. The molecule has 2 amide bonds. The number of methoxy groups -OCH3 is 1. The minimum atomic E-state index is -0.639. The van der Waals surface area contributed by atoms with Crippen LogP contribution in [-0.4, -0.2) is 63.8 Å². The topological polar surface area (TPSA) is 110 Å². The maximum absolute atomic E-state index is 12.1. The van der Waals surface area contributed by atoms with E-state index in [1.807, 2.05) is 0 Å². The van der Waals surface area contributed by atoms with Gasteiger partial charge < -0.3 is 14.7 Å². The Morgan fingerprint density at radius 2 is 2.19 bits per heavy atom. The summed E-state index contributed by atoms with van der Waals surface area (Å²) >= 11 is 0. The highest BCUT2D eigenvalue weighted by molar-refractivity contribution is 5.82. The molecule has 0 spiro atoms. The maximum atomic E-state index is 12.1. The van der Waals surface area contributed by atoms with E-state index in [4.69, 9.17) is 5.11 Å². The van der Waals surface area contributed by atoms with Crippen molar-refractivity contribution in [1.29, 1.82) is 0 Å². The third-order valence-corrected chi connectivity index (χ3v) is 3.45. The smallest absolute Gasteiger partial charge is 0.412 e. The Balaban J connectivity index is 1.84. The summed E-state index contributed by atoms with van der Waals surface area (Å²) in [7, 11) is 1.25. The second kappa shape index (κ2) is 7.02. The van der Waals surface area contributed by atoms with E-state index in [0.29, 0.717) is 13.1 Å². The number of ether oxygens (including phenoxy) is 1. The lowest BCUT2D eigenvalue weighted by Crippen LogP contribution is -2.41. The molecule has 0 bridgehead atoms. The zero-order valence-corrected chi connectivity index (χ0v) is 11.9. The highest BCUT2D eigenvalue weighted by Crippen LogP contribution is 2.16. The molecule has 0 radical (unpaired) electrons. The number of aliphatic hydroxyl groups is 1. The Morgan fingerprint density at radius 3 is 2.81 bits per heavy atom. The third kappa shape index (κ3) is 4.15. The minimum absolute atomic E-state index is 0.0205. The van der Waals surface area contributed by atoms with Crippen molar-refractivity contribution in [3.63, 3.8) is 0 Å². The molecular weight excluding hydrogens is 278 g/mol. The van der Waals surface area contributed by atoms with Crippen molar-refractivity contribution in [1.82, 2.24) is 19.9 Å². The van der Waals surface area contributed by atoms with Crippen LogP contribution in [0.3, 0.4) is 0 Å². The summed E-state index contributed by atoms with van der Waals surface area (Å²) in [5.74, 6) is 0.438. The molecule has 0 aliphatic carbocycles. The van der Waals surface area contributed by atoms with Crippen molar-refractivity contribution in [2.75, 3.05) is 32.1 Å². The first kappa shape index (κ1) is 15.2. The summed E-state index contributed by atoms with van der Waals surface area (Å²) in [4.78, 5) is 26.1. The number of anilines is 1. The van der Waals surface area contributed by atoms with Gasteiger partial charge in [0.15, 0.2) is 5.82 Å². The molecule has 0 saturated carbocycles. The number of aliphatic hydroxyl groups excluding tert-OH is 1. The maximum Gasteiger partial charge on any atom is 0.412 e. The lowest BCUT2D eigenvalue weighted by atomic mass is 9.98. The number of likely N-dealkylation sites (tertiary alicyclic amines) is 1. The van der Waals surface area contributed by atoms with Gasteiger partial charge in [-0.25, -0.2) is 4.79 Å². The number of nitrogens with one attached hydrogen (secondary N) is 1. The Bertz CT molecular complexity index is 496. The van der Waals surface area contributed by atoms with Gasteiger partial charge in [0.1, 0.15) is 6.54 Å². The van der Waals surface area contributed by atoms with Crippen molar-refractivity contribution < 1.29 is 19.4 Å². The van der Waals surface area contributed by atoms with Gasteiger partial charge in [0.2, 0.25) is 5.91 Å². The highest BCUT2D eigenvalue weighted by Gasteiger charge is 2.22. The number of carbonyl (C=O) groups excluding carboxylic acids is 2. The van der Waals surface area contributed by atoms with Crippen LogP contribution in [0.1, 0.15) is 12.8 Å². The van der Waals surface area contributed by atoms with E-state index in [0.717, 1.165) is 12.8 Å². The Hall–Kier alpha value is -2.16. The quantitative estimate of drug-likeness (QED) is 0.788. The van der Waals surface area contributed by atoms with Gasteiger partial charge in [-0.05, 0) is 18.8 Å². The van der Waals surface area contributed by atoms with Gasteiger partial charge in [-0.3, -0.25) is 10.1 Å². The molecule has 1 aliphatic heterocycles. The Labute approximate surface area is 121 Å². The van der Waals surface area contributed by atoms with Crippen molar-refractivity contribution >= 4 is 17.8 Å². The summed E-state index contributed by atoms with van der Waals surface area (Å²) in [6.07, 6.45) is 2.33. The zero-order chi connectivity index (χ0) is 15.2. The normalized spacial score (nSPS) is 15.8. The number of carbonyl (C=O) groups is 2. The molecule has 1 saturated heterocycles. The van der Waals surface area contributed by atoms with E-state index in [-0.39, 0.29) is 30.8 Å². The van der Waals surface area contributed by atoms with E-state index < -0.39 is 6.09 Å². The van der Waals surface area contributed by atoms with Crippen LogP contribution in [0.2, 0.25) is 0 Å². The lowest BCUT2D eigenvalue weighted by molar-refractivity contribution is -0.133. The van der Waals surface area contributed by atoms with Crippen molar-refractivity contribution in [3.8, 4) is 0 Å². The fraction of sp³-hybridized carbons (Fsp3) is 0.667. The Morgan fingerprint density at radius 1 is 1.48 bits per heavy atom. The van der Waals surface area contributed by atoms with Crippen molar-refractivity contribution in [3.05, 3.63) is 6.20 Å². The SMILES string of the molecule is COC(=O)Nc1cnn(CC(=O)N2CCC(CO)CC2)n1. The van der Waals surface area contributed by atoms with Gasteiger partial charge in [-0.1, -0.05) is 0 Å². The van der Waals surface area contributed by atoms with Gasteiger partial charge in [0, 0.05) is 19.7 Å². The third-order valence-electron chi connectivity index (χ3n) is 3.45. The van der Waals surface area contributed by atoms with Crippen LogP contribution in [0.25, 0.3) is 0 Å². The van der Waals surface area contributed by atoms with E-state index in [1.165, 1.54) is 18.1 Å². The minimum Gasteiger partial charge on any atom is -0.453 e. The summed E-state index contributed by atoms with van der Waals surface area (Å²) in [5.41, 5.74) is 0. The molecule has 2 rings (SSSR count). The number of piperidine rings is 1. The molecule has 0 unspecified atom stereocenters. The van der Waals surface area contributed by atoms with Gasteiger partial charge in [0.25, 0.3) is 0 Å². The number of nitrogens with zero attached hydrogens (tertiary/aromatic N) is 4. The van der Waals surface area contributed by atoms with E-state index >= 15 is 0 Å². The lowest BCUT2D eigenvalue weighted by Gasteiger charge is -2.30. The van der Waals surface area contributed by atoms with Gasteiger partial charge >= 0.3 is 6.09 Å². The molecule has 9 heteroatoms. The predicted molar refractivity (Wildman–Crippen MR) is 72.4 cm³/mol. The summed E-state index contributed by atoms with van der Waals surface area (Å²) < 4.78 is 4.44. The molecule has 21 heavy (non-hydrogen) atoms.